The summed E-state index contributed by atoms with van der Waals surface area (Å²) < 4.78 is 0. The summed E-state index contributed by atoms with van der Waals surface area (Å²) in [5, 5.41) is 9.93. The van der Waals surface area contributed by atoms with Crippen molar-refractivity contribution in [2.24, 2.45) is 5.92 Å². The molecule has 2 nitrogen and oxygen atoms in total. The molecule has 0 atom stereocenters. The van der Waals surface area contributed by atoms with E-state index in [9.17, 15) is 9.90 Å². The van der Waals surface area contributed by atoms with Gasteiger partial charge in [0.1, 0.15) is 0 Å². The molecule has 0 aromatic carbocycles. The topological polar surface area (TPSA) is 40.1 Å². The van der Waals surface area contributed by atoms with Crippen molar-refractivity contribution in [1.82, 2.24) is 0 Å². The van der Waals surface area contributed by atoms with E-state index < -0.39 is 5.97 Å². The van der Waals surface area contributed by atoms with Gasteiger partial charge in [0.2, 0.25) is 0 Å². The van der Waals surface area contributed by atoms with E-state index in [0.717, 1.165) is 19.3 Å². The molecule has 0 bridgehead atoms. The van der Waals surface area contributed by atoms with Crippen molar-refractivity contribution in [2.75, 3.05) is 0 Å². The van der Waals surface area contributed by atoms with Crippen LogP contribution in [0.15, 0.2) is 0 Å². The molecular formula is C8H15O2Rb. The maximum absolute atomic E-state index is 9.93. The Balaban J connectivity index is 0. The first kappa shape index (κ1) is 14.8. The maximum atomic E-state index is 9.93. The van der Waals surface area contributed by atoms with Crippen LogP contribution in [0.4, 0.5) is 0 Å². The molecule has 0 unspecified atom stereocenters. The van der Waals surface area contributed by atoms with Crippen molar-refractivity contribution < 1.29 is 68.1 Å². The molecule has 0 N–H and O–H groups in total. The zero-order chi connectivity index (χ0) is 7.98. The molecule has 0 spiro atoms. The van der Waals surface area contributed by atoms with Gasteiger partial charge >= 0.3 is 58.2 Å². The third-order valence-electron chi connectivity index (χ3n) is 1.41. The second-order valence-corrected chi connectivity index (χ2v) is 3.01. The van der Waals surface area contributed by atoms with Crippen LogP contribution in [0.3, 0.4) is 0 Å². The van der Waals surface area contributed by atoms with Crippen molar-refractivity contribution in [3.05, 3.63) is 0 Å². The van der Waals surface area contributed by atoms with Crippen LogP contribution in [0, 0.1) is 5.92 Å². The molecule has 0 aliphatic rings. The standard InChI is InChI=1S/C8H16O2.Rb/c1-7(2)5-3-4-6-8(9)10;/h7H,3-6H2,1-2H3,(H,9,10);/q;+1/p-1. The third kappa shape index (κ3) is 14.2. The molecule has 3 heteroatoms. The molecule has 0 fully saturated rings. The van der Waals surface area contributed by atoms with Gasteiger partial charge in [-0.3, -0.25) is 0 Å². The molecule has 0 aromatic heterocycles. The summed E-state index contributed by atoms with van der Waals surface area (Å²) in [7, 11) is 0. The molecule has 0 heterocycles. The fourth-order valence-electron chi connectivity index (χ4n) is 0.822. The molecule has 0 rings (SSSR count). The van der Waals surface area contributed by atoms with Gasteiger partial charge in [0.05, 0.1) is 0 Å². The predicted octanol–water partition coefficient (Wildman–Crippen LogP) is -2.04. The average Bonchev–Trinajstić information content (AvgIpc) is 1.79. The van der Waals surface area contributed by atoms with E-state index >= 15 is 0 Å². The minimum absolute atomic E-state index is 0. The summed E-state index contributed by atoms with van der Waals surface area (Å²) in [6.07, 6.45) is 3.10. The van der Waals surface area contributed by atoms with Crippen LogP contribution in [0.5, 0.6) is 0 Å². The van der Waals surface area contributed by atoms with Crippen molar-refractivity contribution in [3.63, 3.8) is 0 Å². The Bertz CT molecular complexity index is 102. The molecule has 0 aliphatic carbocycles. The number of unbranched alkanes of at least 4 members (excludes halogenated alkanes) is 1. The van der Waals surface area contributed by atoms with E-state index in [1.807, 2.05) is 0 Å². The summed E-state index contributed by atoms with van der Waals surface area (Å²) in [6, 6.07) is 0. The minimum Gasteiger partial charge on any atom is -0.550 e. The Morgan fingerprint density at radius 2 is 1.91 bits per heavy atom. The molecule has 0 amide bonds. The van der Waals surface area contributed by atoms with Gasteiger partial charge in [-0.05, 0) is 18.8 Å². The second kappa shape index (κ2) is 9.36. The monoisotopic (exact) mass is 228 g/mol. The molecule has 0 saturated heterocycles. The Labute approximate surface area is 118 Å². The van der Waals surface area contributed by atoms with Crippen molar-refractivity contribution in [3.8, 4) is 0 Å². The van der Waals surface area contributed by atoms with Crippen molar-refractivity contribution in [1.29, 1.82) is 0 Å². The van der Waals surface area contributed by atoms with Gasteiger partial charge in [-0.1, -0.05) is 26.7 Å². The van der Waals surface area contributed by atoms with Crippen LogP contribution in [-0.4, -0.2) is 5.97 Å². The zero-order valence-electron chi connectivity index (χ0n) is 7.72. The zero-order valence-corrected chi connectivity index (χ0v) is 12.6. The molecule has 0 aromatic rings. The molecule has 0 aliphatic heterocycles. The summed E-state index contributed by atoms with van der Waals surface area (Å²) in [6.45, 7) is 4.28. The van der Waals surface area contributed by atoms with Gasteiger partial charge in [-0.25, -0.2) is 0 Å². The van der Waals surface area contributed by atoms with Gasteiger partial charge in [-0.2, -0.15) is 0 Å². The van der Waals surface area contributed by atoms with Gasteiger partial charge in [0, 0.05) is 5.97 Å². The average molecular weight is 229 g/mol. The number of rotatable bonds is 5. The van der Waals surface area contributed by atoms with Gasteiger partial charge in [0.15, 0.2) is 0 Å². The minimum atomic E-state index is -0.927. The smallest absolute Gasteiger partial charge is 0.550 e. The largest absolute Gasteiger partial charge is 1.00 e. The van der Waals surface area contributed by atoms with Crippen LogP contribution in [0.25, 0.3) is 0 Å². The first-order valence-electron chi connectivity index (χ1n) is 3.82. The van der Waals surface area contributed by atoms with Crippen molar-refractivity contribution in [2.45, 2.75) is 39.5 Å². The fraction of sp³-hybridized carbons (Fsp3) is 0.875. The van der Waals surface area contributed by atoms with Gasteiger partial charge in [-0.15, -0.1) is 0 Å². The van der Waals surface area contributed by atoms with E-state index in [1.165, 1.54) is 0 Å². The van der Waals surface area contributed by atoms with E-state index in [2.05, 4.69) is 13.8 Å². The first-order valence-corrected chi connectivity index (χ1v) is 3.82. The number of carbonyl (C=O) groups is 1. The fourth-order valence-corrected chi connectivity index (χ4v) is 0.822. The number of carboxylic acid groups (broad SMARTS) is 1. The van der Waals surface area contributed by atoms with Gasteiger partial charge in [0.25, 0.3) is 0 Å². The number of carboxylic acids is 1. The Kier molecular flexibility index (Phi) is 12.6. The first-order chi connectivity index (χ1) is 4.63. The van der Waals surface area contributed by atoms with Crippen LogP contribution >= 0.6 is 0 Å². The van der Waals surface area contributed by atoms with Crippen LogP contribution < -0.4 is 63.3 Å². The molecule has 0 saturated carbocycles. The Hall–Kier alpha value is 1.28. The van der Waals surface area contributed by atoms with Crippen LogP contribution in [0.2, 0.25) is 0 Å². The third-order valence-corrected chi connectivity index (χ3v) is 1.41. The summed E-state index contributed by atoms with van der Waals surface area (Å²) >= 11 is 0. The van der Waals surface area contributed by atoms with E-state index in [-0.39, 0.29) is 64.6 Å². The number of aliphatic carboxylic acids is 1. The summed E-state index contributed by atoms with van der Waals surface area (Å²) in [5.74, 6) is -0.245. The second-order valence-electron chi connectivity index (χ2n) is 3.01. The molecule has 0 radical (unpaired) electrons. The normalized spacial score (nSPS) is 9.36. The van der Waals surface area contributed by atoms with Crippen LogP contribution in [0.1, 0.15) is 39.5 Å². The van der Waals surface area contributed by atoms with Crippen LogP contribution in [-0.2, 0) is 4.79 Å². The summed E-state index contributed by atoms with van der Waals surface area (Å²) in [5.41, 5.74) is 0. The van der Waals surface area contributed by atoms with Gasteiger partial charge < -0.3 is 9.90 Å². The maximum Gasteiger partial charge on any atom is 1.00 e. The Morgan fingerprint density at radius 3 is 2.27 bits per heavy atom. The van der Waals surface area contributed by atoms with E-state index in [4.69, 9.17) is 0 Å². The number of carbonyl (C=O) groups excluding carboxylic acids is 1. The van der Waals surface area contributed by atoms with Crippen molar-refractivity contribution >= 4 is 5.97 Å². The number of hydrogen-bond acceptors (Lipinski definition) is 2. The molecular weight excluding hydrogens is 214 g/mol. The SMILES string of the molecule is CC(C)CCCCC(=O)[O-].[Rb+]. The predicted molar refractivity (Wildman–Crippen MR) is 38.3 cm³/mol. The quantitative estimate of drug-likeness (QED) is 0.509. The molecule has 60 valence electrons. The Morgan fingerprint density at radius 1 is 1.36 bits per heavy atom. The molecule has 11 heavy (non-hydrogen) atoms. The number of hydrogen-bond donors (Lipinski definition) is 0. The summed E-state index contributed by atoms with van der Waals surface area (Å²) in [4.78, 5) is 9.93. The van der Waals surface area contributed by atoms with E-state index in [0.29, 0.717) is 5.92 Å². The van der Waals surface area contributed by atoms with E-state index in [1.54, 1.807) is 0 Å².